The van der Waals surface area contributed by atoms with Gasteiger partial charge in [-0.3, -0.25) is 0 Å². The van der Waals surface area contributed by atoms with Gasteiger partial charge in [0.1, 0.15) is 11.2 Å². The molecule has 0 radical (unpaired) electrons. The molecule has 0 amide bonds. The highest BCUT2D eigenvalue weighted by Gasteiger charge is 2.26. The monoisotopic (exact) mass is 381 g/mol. The lowest BCUT2D eigenvalue weighted by Crippen LogP contribution is -2.13. The molecule has 1 aromatic heterocycles. The summed E-state index contributed by atoms with van der Waals surface area (Å²) in [7, 11) is 0. The Bertz CT molecular complexity index is 1550. The van der Waals surface area contributed by atoms with E-state index in [0.29, 0.717) is 16.7 Å². The first-order chi connectivity index (χ1) is 16.1. The largest absolute Gasteiger partial charge is 0.456 e. The molecule has 0 atom stereocenters. The summed E-state index contributed by atoms with van der Waals surface area (Å²) in [6.45, 7) is 6.46. The minimum atomic E-state index is -0.398. The molecule has 0 spiro atoms. The van der Waals surface area contributed by atoms with E-state index < -0.39 is 6.04 Å². The molecule has 0 aliphatic carbocycles. The van der Waals surface area contributed by atoms with E-state index in [-0.39, 0.29) is 35.1 Å². The molecule has 0 unspecified atom stereocenters. The second-order valence-corrected chi connectivity index (χ2v) is 8.26. The van der Waals surface area contributed by atoms with Crippen molar-refractivity contribution in [2.24, 2.45) is 0 Å². The molecule has 5 rings (SSSR count). The molecule has 0 bridgehead atoms. The van der Waals surface area contributed by atoms with E-state index in [1.54, 1.807) is 6.07 Å². The van der Waals surface area contributed by atoms with E-state index in [1.807, 2.05) is 36.4 Å². The Morgan fingerprint density at radius 1 is 0.655 bits per heavy atom. The molecule has 0 N–H and O–H groups in total. The van der Waals surface area contributed by atoms with Crippen molar-refractivity contribution in [3.63, 3.8) is 0 Å². The van der Waals surface area contributed by atoms with Crippen molar-refractivity contribution in [3.8, 4) is 22.3 Å². The molecule has 29 heavy (non-hydrogen) atoms. The van der Waals surface area contributed by atoms with Crippen molar-refractivity contribution in [2.45, 2.75) is 26.2 Å². The van der Waals surface area contributed by atoms with Crippen LogP contribution in [0.1, 0.15) is 33.2 Å². The summed E-state index contributed by atoms with van der Waals surface area (Å²) in [6, 6.07) is 18.2. The van der Waals surface area contributed by atoms with Crippen LogP contribution in [-0.4, -0.2) is 0 Å². The van der Waals surface area contributed by atoms with Gasteiger partial charge >= 0.3 is 0 Å². The van der Waals surface area contributed by atoms with Gasteiger partial charge in [-0.2, -0.15) is 0 Å². The molecular weight excluding hydrogens is 352 g/mol. The van der Waals surface area contributed by atoms with Crippen LogP contribution in [0.3, 0.4) is 0 Å². The zero-order chi connectivity index (χ0) is 24.4. The Kier molecular flexibility index (Phi) is 2.97. The minimum Gasteiger partial charge on any atom is -0.456 e. The van der Waals surface area contributed by atoms with E-state index in [9.17, 15) is 0 Å². The lowest BCUT2D eigenvalue weighted by atomic mass is 9.78. The van der Waals surface area contributed by atoms with E-state index in [0.717, 1.165) is 27.5 Å². The van der Waals surface area contributed by atoms with E-state index >= 15 is 0 Å². The number of fused-ring (bicyclic) bond motifs is 3. The molecule has 0 fully saturated rings. The molecule has 0 aliphatic heterocycles. The van der Waals surface area contributed by atoms with Gasteiger partial charge in [0.2, 0.25) is 0 Å². The van der Waals surface area contributed by atoms with Crippen LogP contribution in [0.4, 0.5) is 0 Å². The third-order valence-corrected chi connectivity index (χ3v) is 5.27. The van der Waals surface area contributed by atoms with Crippen molar-refractivity contribution in [1.29, 1.82) is 0 Å². The van der Waals surface area contributed by atoms with Crippen LogP contribution >= 0.6 is 0 Å². The van der Waals surface area contributed by atoms with Gasteiger partial charge in [0.05, 0.1) is 6.85 Å². The van der Waals surface area contributed by atoms with Gasteiger partial charge in [0.25, 0.3) is 0 Å². The summed E-state index contributed by atoms with van der Waals surface area (Å²) in [5, 5.41) is 1.67. The van der Waals surface area contributed by atoms with E-state index in [2.05, 4.69) is 39.0 Å². The fourth-order valence-corrected chi connectivity index (χ4v) is 4.14. The summed E-state index contributed by atoms with van der Waals surface area (Å²) in [4.78, 5) is 0. The Morgan fingerprint density at radius 3 is 2.10 bits per heavy atom. The Balaban J connectivity index is 1.99. The lowest BCUT2D eigenvalue weighted by Gasteiger charge is -2.24. The zero-order valence-electron chi connectivity index (χ0n) is 21.7. The SMILES string of the molecule is [2H]c1c([2H])c([2H])c(-c2cccc3oc4ccc(-c5ccccc5)c(C(C)(C)C)c4c23)c([2H])c1[2H]. The van der Waals surface area contributed by atoms with Crippen LogP contribution in [0.25, 0.3) is 44.2 Å². The first kappa shape index (κ1) is 13.0. The highest BCUT2D eigenvalue weighted by molar-refractivity contribution is 6.15. The third-order valence-electron chi connectivity index (χ3n) is 5.27. The molecular formula is C28H24O. The second-order valence-electron chi connectivity index (χ2n) is 8.26. The fraction of sp³-hybridized carbons (Fsp3) is 0.143. The maximum absolute atomic E-state index is 8.56. The predicted molar refractivity (Wildman–Crippen MR) is 123 cm³/mol. The molecule has 1 heterocycles. The van der Waals surface area contributed by atoms with Gasteiger partial charge < -0.3 is 4.42 Å². The van der Waals surface area contributed by atoms with Crippen LogP contribution in [0.5, 0.6) is 0 Å². The predicted octanol–water partition coefficient (Wildman–Crippen LogP) is 8.22. The van der Waals surface area contributed by atoms with Crippen LogP contribution in [0.2, 0.25) is 0 Å². The van der Waals surface area contributed by atoms with Crippen molar-refractivity contribution >= 4 is 21.9 Å². The first-order valence-corrected chi connectivity index (χ1v) is 9.72. The van der Waals surface area contributed by atoms with E-state index in [1.165, 1.54) is 0 Å². The summed E-state index contributed by atoms with van der Waals surface area (Å²) in [5.41, 5.74) is 5.09. The van der Waals surface area contributed by atoms with Crippen LogP contribution < -0.4 is 0 Å². The van der Waals surface area contributed by atoms with Crippen LogP contribution in [-0.2, 0) is 5.41 Å². The topological polar surface area (TPSA) is 13.1 Å². The van der Waals surface area contributed by atoms with Crippen LogP contribution in [0, 0.1) is 0 Å². The fourth-order valence-electron chi connectivity index (χ4n) is 4.14. The minimum absolute atomic E-state index is 0.185. The molecule has 1 heteroatoms. The summed E-state index contributed by atoms with van der Waals surface area (Å²) in [5.74, 6) is 0. The standard InChI is InChI=1S/C28H24O/c1-28(2,3)27-22(20-13-8-5-9-14-20)17-18-24-26(27)25-21(15-10-16-23(25)29-24)19-11-6-4-7-12-19/h4-18H,1-3H3/i4D,6D,7D,11D,12D. The maximum atomic E-state index is 8.56. The van der Waals surface area contributed by atoms with E-state index in [4.69, 9.17) is 11.3 Å². The molecule has 142 valence electrons. The average Bonchev–Trinajstić information content (AvgIpc) is 3.20. The molecule has 4 aromatic carbocycles. The lowest BCUT2D eigenvalue weighted by molar-refractivity contribution is 0.596. The molecule has 5 aromatic rings. The number of furan rings is 1. The van der Waals surface area contributed by atoms with Gasteiger partial charge in [-0.25, -0.2) is 0 Å². The molecule has 0 saturated heterocycles. The Hall–Kier alpha value is -3.32. The Labute approximate surface area is 178 Å². The smallest absolute Gasteiger partial charge is 0.136 e. The van der Waals surface area contributed by atoms with Crippen molar-refractivity contribution in [3.05, 3.63) is 96.4 Å². The quantitative estimate of drug-likeness (QED) is 0.300. The third kappa shape index (κ3) is 2.94. The molecule has 0 saturated carbocycles. The molecule has 1 nitrogen and oxygen atoms in total. The van der Waals surface area contributed by atoms with Gasteiger partial charge in [-0.15, -0.1) is 0 Å². The second kappa shape index (κ2) is 6.63. The van der Waals surface area contributed by atoms with Crippen LogP contribution in [0.15, 0.2) is 95.3 Å². The van der Waals surface area contributed by atoms with Crippen molar-refractivity contribution in [1.82, 2.24) is 0 Å². The van der Waals surface area contributed by atoms with Gasteiger partial charge in [0, 0.05) is 10.8 Å². The molecule has 0 aliphatic rings. The number of rotatable bonds is 2. The van der Waals surface area contributed by atoms with Crippen molar-refractivity contribution in [2.75, 3.05) is 0 Å². The number of hydrogen-bond donors (Lipinski definition) is 0. The first-order valence-electron chi connectivity index (χ1n) is 12.2. The highest BCUT2D eigenvalue weighted by Crippen LogP contribution is 2.45. The highest BCUT2D eigenvalue weighted by atomic mass is 16.3. The average molecular weight is 382 g/mol. The van der Waals surface area contributed by atoms with Gasteiger partial charge in [0.15, 0.2) is 0 Å². The van der Waals surface area contributed by atoms with Gasteiger partial charge in [-0.1, -0.05) is 99.5 Å². The number of hydrogen-bond acceptors (Lipinski definition) is 1. The summed E-state index contributed by atoms with van der Waals surface area (Å²) < 4.78 is 47.7. The van der Waals surface area contributed by atoms with Crippen molar-refractivity contribution < 1.29 is 11.3 Å². The summed E-state index contributed by atoms with van der Waals surface area (Å²) in [6.07, 6.45) is 0. The Morgan fingerprint density at radius 2 is 1.38 bits per heavy atom. The number of benzene rings is 4. The zero-order valence-corrected chi connectivity index (χ0v) is 16.7. The normalized spacial score (nSPS) is 14.4. The summed E-state index contributed by atoms with van der Waals surface area (Å²) >= 11 is 0. The van der Waals surface area contributed by atoms with Gasteiger partial charge in [-0.05, 0) is 45.4 Å². The maximum Gasteiger partial charge on any atom is 0.136 e.